The Morgan fingerprint density at radius 2 is 1.64 bits per heavy atom. The summed E-state index contributed by atoms with van der Waals surface area (Å²) in [4.78, 5) is 17.3. The monoisotopic (exact) mass is 439 g/mol. The van der Waals surface area contributed by atoms with Crippen molar-refractivity contribution in [1.82, 2.24) is 4.98 Å². The third-order valence-electron chi connectivity index (χ3n) is 5.40. The fourth-order valence-corrected chi connectivity index (χ4v) is 3.81. The highest BCUT2D eigenvalue weighted by Crippen LogP contribution is 2.32. The largest absolute Gasteiger partial charge is 0.322 e. The summed E-state index contributed by atoms with van der Waals surface area (Å²) >= 11 is 0. The summed E-state index contributed by atoms with van der Waals surface area (Å²) in [6.45, 7) is 3.69. The highest BCUT2D eigenvalue weighted by molar-refractivity contribution is 6.10. The van der Waals surface area contributed by atoms with E-state index in [1.165, 1.54) is 42.6 Å². The molecule has 1 N–H and O–H groups in total. The van der Waals surface area contributed by atoms with Gasteiger partial charge in [0.15, 0.2) is 0 Å². The SMILES string of the molecule is Cc1ccc(C)c(-c2ccnc(C#N)c2)c1C(=O)Nc1ccc(-c2ccccc2F)c(F)c1. The molecule has 6 heteroatoms. The average Bonchev–Trinajstić information content (AvgIpc) is 2.81. The molecular formula is C27H19F2N3O. The van der Waals surface area contributed by atoms with Crippen LogP contribution < -0.4 is 5.32 Å². The summed E-state index contributed by atoms with van der Waals surface area (Å²) in [6, 6.07) is 19.2. The summed E-state index contributed by atoms with van der Waals surface area (Å²) in [5.41, 5.74) is 4.11. The molecule has 4 rings (SSSR count). The number of carbonyl (C=O) groups is 1. The van der Waals surface area contributed by atoms with E-state index in [-0.39, 0.29) is 22.5 Å². The van der Waals surface area contributed by atoms with Gasteiger partial charge in [-0.3, -0.25) is 4.79 Å². The van der Waals surface area contributed by atoms with Crippen molar-refractivity contribution in [3.63, 3.8) is 0 Å². The molecule has 3 aromatic carbocycles. The normalized spacial score (nSPS) is 10.5. The van der Waals surface area contributed by atoms with Gasteiger partial charge in [0.1, 0.15) is 23.4 Å². The predicted molar refractivity (Wildman–Crippen MR) is 124 cm³/mol. The molecule has 1 aromatic heterocycles. The molecular weight excluding hydrogens is 420 g/mol. The molecule has 0 aliphatic heterocycles. The Labute approximate surface area is 190 Å². The molecule has 0 bridgehead atoms. The first kappa shape index (κ1) is 21.8. The lowest BCUT2D eigenvalue weighted by molar-refractivity contribution is 0.102. The maximum Gasteiger partial charge on any atom is 0.256 e. The highest BCUT2D eigenvalue weighted by atomic mass is 19.1. The number of aryl methyl sites for hydroxylation is 2. The van der Waals surface area contributed by atoms with Gasteiger partial charge in [0.05, 0.1) is 5.56 Å². The van der Waals surface area contributed by atoms with Crippen molar-refractivity contribution >= 4 is 11.6 Å². The quantitative estimate of drug-likeness (QED) is 0.398. The van der Waals surface area contributed by atoms with Crippen molar-refractivity contribution in [2.24, 2.45) is 0 Å². The molecule has 0 spiro atoms. The predicted octanol–water partition coefficient (Wildman–Crippen LogP) is 6.43. The Bertz CT molecular complexity index is 1420. The minimum atomic E-state index is -0.646. The number of rotatable bonds is 4. The second-order valence-corrected chi connectivity index (χ2v) is 7.62. The summed E-state index contributed by atoms with van der Waals surface area (Å²) in [7, 11) is 0. The average molecular weight is 439 g/mol. The molecule has 4 nitrogen and oxygen atoms in total. The van der Waals surface area contributed by atoms with Crippen LogP contribution in [-0.2, 0) is 0 Å². The number of pyridine rings is 1. The van der Waals surface area contributed by atoms with E-state index >= 15 is 0 Å². The van der Waals surface area contributed by atoms with Gasteiger partial charge in [-0.15, -0.1) is 0 Å². The summed E-state index contributed by atoms with van der Waals surface area (Å²) in [6.07, 6.45) is 1.52. The smallest absolute Gasteiger partial charge is 0.256 e. The lowest BCUT2D eigenvalue weighted by Crippen LogP contribution is -2.16. The number of hydrogen-bond acceptors (Lipinski definition) is 3. The van der Waals surface area contributed by atoms with Crippen molar-refractivity contribution in [2.75, 3.05) is 5.32 Å². The molecule has 0 atom stereocenters. The van der Waals surface area contributed by atoms with Crippen LogP contribution in [0, 0.1) is 36.8 Å². The zero-order valence-corrected chi connectivity index (χ0v) is 18.0. The van der Waals surface area contributed by atoms with Gasteiger partial charge < -0.3 is 5.32 Å². The minimum absolute atomic E-state index is 0.111. The molecule has 4 aromatic rings. The van der Waals surface area contributed by atoms with Gasteiger partial charge in [-0.25, -0.2) is 13.8 Å². The van der Waals surface area contributed by atoms with E-state index in [1.54, 1.807) is 18.2 Å². The van der Waals surface area contributed by atoms with Crippen LogP contribution >= 0.6 is 0 Å². The molecule has 0 fully saturated rings. The second-order valence-electron chi connectivity index (χ2n) is 7.62. The first-order valence-electron chi connectivity index (χ1n) is 10.2. The van der Waals surface area contributed by atoms with E-state index in [2.05, 4.69) is 10.3 Å². The number of halogens is 2. The van der Waals surface area contributed by atoms with Gasteiger partial charge in [-0.1, -0.05) is 30.3 Å². The first-order valence-corrected chi connectivity index (χ1v) is 10.2. The summed E-state index contributed by atoms with van der Waals surface area (Å²) in [5.74, 6) is -1.59. The van der Waals surface area contributed by atoms with Crippen molar-refractivity contribution in [3.05, 3.63) is 107 Å². The highest BCUT2D eigenvalue weighted by Gasteiger charge is 2.19. The van der Waals surface area contributed by atoms with Gasteiger partial charge in [0.25, 0.3) is 5.91 Å². The van der Waals surface area contributed by atoms with E-state index in [0.717, 1.165) is 11.1 Å². The van der Waals surface area contributed by atoms with Crippen LogP contribution in [0.15, 0.2) is 72.9 Å². The van der Waals surface area contributed by atoms with Crippen LogP contribution in [0.4, 0.5) is 14.5 Å². The Morgan fingerprint density at radius 3 is 2.36 bits per heavy atom. The first-order chi connectivity index (χ1) is 15.9. The van der Waals surface area contributed by atoms with E-state index in [1.807, 2.05) is 32.0 Å². The van der Waals surface area contributed by atoms with E-state index in [9.17, 15) is 18.8 Å². The van der Waals surface area contributed by atoms with Crippen LogP contribution in [0.1, 0.15) is 27.2 Å². The summed E-state index contributed by atoms with van der Waals surface area (Å²) in [5, 5.41) is 11.9. The zero-order valence-electron chi connectivity index (χ0n) is 18.0. The molecule has 0 saturated carbocycles. The van der Waals surface area contributed by atoms with Crippen LogP contribution in [0.2, 0.25) is 0 Å². The number of benzene rings is 3. The van der Waals surface area contributed by atoms with Crippen LogP contribution in [0.25, 0.3) is 22.3 Å². The van der Waals surface area contributed by atoms with Crippen molar-refractivity contribution in [2.45, 2.75) is 13.8 Å². The fourth-order valence-electron chi connectivity index (χ4n) is 3.81. The van der Waals surface area contributed by atoms with Crippen LogP contribution in [-0.4, -0.2) is 10.9 Å². The maximum absolute atomic E-state index is 14.8. The molecule has 0 aliphatic rings. The summed E-state index contributed by atoms with van der Waals surface area (Å²) < 4.78 is 28.9. The number of carbonyl (C=O) groups excluding carboxylic acids is 1. The van der Waals surface area contributed by atoms with Gasteiger partial charge in [0, 0.05) is 23.0 Å². The molecule has 0 unspecified atom stereocenters. The molecule has 0 radical (unpaired) electrons. The van der Waals surface area contributed by atoms with E-state index < -0.39 is 17.5 Å². The molecule has 1 amide bonds. The van der Waals surface area contributed by atoms with Gasteiger partial charge in [-0.05, 0) is 72.5 Å². The van der Waals surface area contributed by atoms with E-state index in [0.29, 0.717) is 16.7 Å². The van der Waals surface area contributed by atoms with E-state index in [4.69, 9.17) is 0 Å². The van der Waals surface area contributed by atoms with Crippen molar-refractivity contribution < 1.29 is 13.6 Å². The van der Waals surface area contributed by atoms with Crippen molar-refractivity contribution in [1.29, 1.82) is 5.26 Å². The fraction of sp³-hybridized carbons (Fsp3) is 0.0741. The van der Waals surface area contributed by atoms with Gasteiger partial charge >= 0.3 is 0 Å². The number of anilines is 1. The van der Waals surface area contributed by atoms with Crippen LogP contribution in [0.3, 0.4) is 0 Å². The lowest BCUT2D eigenvalue weighted by Gasteiger charge is -2.16. The zero-order chi connectivity index (χ0) is 23.5. The topological polar surface area (TPSA) is 65.8 Å². The Morgan fingerprint density at radius 1 is 0.909 bits per heavy atom. The molecule has 1 heterocycles. The molecule has 0 saturated heterocycles. The number of nitriles is 1. The number of nitrogens with one attached hydrogen (secondary N) is 1. The molecule has 33 heavy (non-hydrogen) atoms. The Hall–Kier alpha value is -4.37. The third kappa shape index (κ3) is 4.35. The second kappa shape index (κ2) is 9.01. The number of hydrogen-bond donors (Lipinski definition) is 1. The van der Waals surface area contributed by atoms with Gasteiger partial charge in [0.2, 0.25) is 0 Å². The minimum Gasteiger partial charge on any atom is -0.322 e. The van der Waals surface area contributed by atoms with Crippen LogP contribution in [0.5, 0.6) is 0 Å². The molecule has 0 aliphatic carbocycles. The number of nitrogens with zero attached hydrogens (tertiary/aromatic N) is 2. The Balaban J connectivity index is 1.71. The maximum atomic E-state index is 14.8. The molecule has 162 valence electrons. The number of aromatic nitrogens is 1. The van der Waals surface area contributed by atoms with Gasteiger partial charge in [-0.2, -0.15) is 5.26 Å². The number of amides is 1. The third-order valence-corrected chi connectivity index (χ3v) is 5.40. The standard InChI is InChI=1S/C27H19F2N3O/c1-16-7-8-17(2)26(25(16)18-11-12-31-20(13-18)15-30)27(33)32-19-9-10-22(24(29)14-19)21-5-3-4-6-23(21)28/h3-14H,1-2H3,(H,32,33). The Kier molecular flexibility index (Phi) is 5.97. The van der Waals surface area contributed by atoms with Crippen molar-refractivity contribution in [3.8, 4) is 28.3 Å². The lowest BCUT2D eigenvalue weighted by atomic mass is 9.91.